The van der Waals surface area contributed by atoms with Crippen LogP contribution in [0.2, 0.25) is 0 Å². The second-order valence-corrected chi connectivity index (χ2v) is 6.41. The summed E-state index contributed by atoms with van der Waals surface area (Å²) in [4.78, 5) is 17.6. The Hall–Kier alpha value is -3.52. The van der Waals surface area contributed by atoms with E-state index in [1.54, 1.807) is 14.0 Å². The van der Waals surface area contributed by atoms with E-state index in [4.69, 9.17) is 15.5 Å². The van der Waals surface area contributed by atoms with Gasteiger partial charge >= 0.3 is 0 Å². The van der Waals surface area contributed by atoms with E-state index in [0.29, 0.717) is 18.2 Å². The molecule has 2 heterocycles. The summed E-state index contributed by atoms with van der Waals surface area (Å²) in [5, 5.41) is 9.46. The van der Waals surface area contributed by atoms with Crippen LogP contribution in [0.25, 0.3) is 17.0 Å². The van der Waals surface area contributed by atoms with Crippen molar-refractivity contribution in [3.05, 3.63) is 65.2 Å². The smallest absolute Gasteiger partial charge is 0.240 e. The van der Waals surface area contributed by atoms with Crippen LogP contribution in [0.15, 0.2) is 42.5 Å². The topological polar surface area (TPSA) is 112 Å². The van der Waals surface area contributed by atoms with E-state index in [1.807, 2.05) is 47.0 Å². The predicted octanol–water partition coefficient (Wildman–Crippen LogP) is 2.19. The minimum absolute atomic E-state index is 0.0498. The molecule has 8 heteroatoms. The number of aromatic nitrogens is 5. The van der Waals surface area contributed by atoms with Crippen LogP contribution in [-0.2, 0) is 13.0 Å². The van der Waals surface area contributed by atoms with Gasteiger partial charge in [0.1, 0.15) is 17.4 Å². The summed E-state index contributed by atoms with van der Waals surface area (Å²) in [6.45, 7) is 1.72. The number of aliphatic hydroxyl groups is 1. The Morgan fingerprint density at radius 3 is 2.64 bits per heavy atom. The first-order valence-electron chi connectivity index (χ1n) is 8.80. The van der Waals surface area contributed by atoms with Crippen molar-refractivity contribution in [1.82, 2.24) is 24.5 Å². The highest BCUT2D eigenvalue weighted by Crippen LogP contribution is 2.24. The highest BCUT2D eigenvalue weighted by atomic mass is 16.5. The minimum Gasteiger partial charge on any atom is -0.497 e. The molecule has 3 N–H and O–H groups in total. The molecule has 0 aliphatic carbocycles. The fourth-order valence-corrected chi connectivity index (χ4v) is 3.17. The van der Waals surface area contributed by atoms with Gasteiger partial charge in [-0.1, -0.05) is 18.2 Å². The number of nitrogen functional groups attached to an aromatic ring is 1. The van der Waals surface area contributed by atoms with Gasteiger partial charge in [-0.15, -0.1) is 0 Å². The lowest BCUT2D eigenvalue weighted by Crippen LogP contribution is -2.10. The summed E-state index contributed by atoms with van der Waals surface area (Å²) in [5.41, 5.74) is 9.26. The molecule has 0 fully saturated rings. The molecule has 0 spiro atoms. The lowest BCUT2D eigenvalue weighted by atomic mass is 10.1. The van der Waals surface area contributed by atoms with Crippen LogP contribution in [0.5, 0.6) is 5.75 Å². The second kappa shape index (κ2) is 7.24. The quantitative estimate of drug-likeness (QED) is 0.549. The van der Waals surface area contributed by atoms with E-state index in [-0.39, 0.29) is 12.6 Å². The Morgan fingerprint density at radius 2 is 1.89 bits per heavy atom. The van der Waals surface area contributed by atoms with Gasteiger partial charge in [0.05, 0.1) is 24.8 Å². The molecule has 4 rings (SSSR count). The summed E-state index contributed by atoms with van der Waals surface area (Å²) >= 11 is 0. The number of anilines is 1. The van der Waals surface area contributed by atoms with E-state index >= 15 is 0 Å². The number of nitrogens with zero attached hydrogens (tertiary/aromatic N) is 5. The summed E-state index contributed by atoms with van der Waals surface area (Å²) in [6, 6.07) is 13.4. The van der Waals surface area contributed by atoms with Crippen molar-refractivity contribution in [2.24, 2.45) is 0 Å². The molecule has 142 valence electrons. The molecule has 0 unspecified atom stereocenters. The number of ether oxygens (including phenoxy) is 1. The van der Waals surface area contributed by atoms with Crippen LogP contribution in [0, 0.1) is 6.92 Å². The number of fused-ring (bicyclic) bond motifs is 1. The third-order valence-electron chi connectivity index (χ3n) is 4.42. The van der Waals surface area contributed by atoms with Gasteiger partial charge in [-0.25, -0.2) is 4.98 Å². The number of aliphatic hydroxyl groups excluding tert-OH is 1. The Balaban J connectivity index is 1.90. The number of nitrogens with two attached hydrogens (primary N) is 1. The summed E-state index contributed by atoms with van der Waals surface area (Å²) in [5.74, 6) is 2.64. The van der Waals surface area contributed by atoms with Crippen LogP contribution in [0.4, 0.5) is 5.95 Å². The van der Waals surface area contributed by atoms with Crippen molar-refractivity contribution in [3.63, 3.8) is 0 Å². The average molecular weight is 376 g/mol. The maximum Gasteiger partial charge on any atom is 0.240 e. The van der Waals surface area contributed by atoms with Crippen molar-refractivity contribution >= 4 is 17.0 Å². The lowest BCUT2D eigenvalue weighted by molar-refractivity contribution is 0.282. The van der Waals surface area contributed by atoms with Crippen LogP contribution in [0.1, 0.15) is 22.8 Å². The van der Waals surface area contributed by atoms with E-state index in [2.05, 4.69) is 15.0 Å². The molecule has 0 atom stereocenters. The fourth-order valence-electron chi connectivity index (χ4n) is 3.17. The van der Waals surface area contributed by atoms with Gasteiger partial charge in [0, 0.05) is 6.42 Å². The molecular formula is C20H20N6O2. The Labute approximate surface area is 161 Å². The first kappa shape index (κ1) is 17.9. The molecule has 0 radical (unpaired) electrons. The van der Waals surface area contributed by atoms with Crippen LogP contribution >= 0.6 is 0 Å². The van der Waals surface area contributed by atoms with E-state index in [1.165, 1.54) is 0 Å². The normalized spacial score (nSPS) is 11.1. The SMILES string of the molecule is COc1cccc(Cc2nc3cc(CO)ccc3n2-c2nc(C)nc(N)n2)c1. The van der Waals surface area contributed by atoms with Gasteiger partial charge in [-0.05, 0) is 42.3 Å². The van der Waals surface area contributed by atoms with E-state index < -0.39 is 0 Å². The number of hydrogen-bond acceptors (Lipinski definition) is 7. The molecule has 0 bridgehead atoms. The van der Waals surface area contributed by atoms with Gasteiger partial charge in [0.2, 0.25) is 11.9 Å². The zero-order valence-electron chi connectivity index (χ0n) is 15.6. The number of methoxy groups -OCH3 is 1. The van der Waals surface area contributed by atoms with Crippen molar-refractivity contribution in [2.45, 2.75) is 20.0 Å². The molecule has 0 aliphatic rings. The molecule has 0 saturated carbocycles. The molecule has 0 saturated heterocycles. The number of hydrogen-bond donors (Lipinski definition) is 2. The van der Waals surface area contributed by atoms with Crippen molar-refractivity contribution in [2.75, 3.05) is 12.8 Å². The first-order valence-corrected chi connectivity index (χ1v) is 8.80. The average Bonchev–Trinajstić information content (AvgIpc) is 3.04. The summed E-state index contributed by atoms with van der Waals surface area (Å²) < 4.78 is 7.20. The Morgan fingerprint density at radius 1 is 1.04 bits per heavy atom. The molecular weight excluding hydrogens is 356 g/mol. The largest absolute Gasteiger partial charge is 0.497 e. The van der Waals surface area contributed by atoms with Gasteiger partial charge in [-0.2, -0.15) is 15.0 Å². The standard InChI is InChI=1S/C20H20N6O2/c1-12-22-19(21)25-20(23-12)26-17-7-6-14(11-27)9-16(17)24-18(26)10-13-4-3-5-15(8-13)28-2/h3-9,27H,10-11H2,1-2H3,(H2,21,22,23,25). The van der Waals surface area contributed by atoms with Crippen molar-refractivity contribution in [3.8, 4) is 11.7 Å². The van der Waals surface area contributed by atoms with Crippen molar-refractivity contribution in [1.29, 1.82) is 0 Å². The zero-order valence-corrected chi connectivity index (χ0v) is 15.6. The number of imidazole rings is 1. The third-order valence-corrected chi connectivity index (χ3v) is 4.42. The number of aryl methyl sites for hydroxylation is 1. The van der Waals surface area contributed by atoms with Gasteiger partial charge in [-0.3, -0.25) is 4.57 Å². The number of benzene rings is 2. The predicted molar refractivity (Wildman–Crippen MR) is 105 cm³/mol. The maximum atomic E-state index is 9.46. The Bertz CT molecular complexity index is 1130. The van der Waals surface area contributed by atoms with Gasteiger partial charge in [0.25, 0.3) is 0 Å². The molecule has 4 aromatic rings. The second-order valence-electron chi connectivity index (χ2n) is 6.41. The van der Waals surface area contributed by atoms with Crippen LogP contribution in [0.3, 0.4) is 0 Å². The lowest BCUT2D eigenvalue weighted by Gasteiger charge is -2.09. The minimum atomic E-state index is -0.0498. The van der Waals surface area contributed by atoms with Crippen LogP contribution in [-0.4, -0.2) is 36.7 Å². The molecule has 28 heavy (non-hydrogen) atoms. The van der Waals surface area contributed by atoms with E-state index in [0.717, 1.165) is 33.7 Å². The van der Waals surface area contributed by atoms with Gasteiger partial charge in [0.15, 0.2) is 0 Å². The van der Waals surface area contributed by atoms with Crippen molar-refractivity contribution < 1.29 is 9.84 Å². The molecule has 0 amide bonds. The Kier molecular flexibility index (Phi) is 4.62. The molecule has 8 nitrogen and oxygen atoms in total. The highest BCUT2D eigenvalue weighted by molar-refractivity contribution is 5.78. The fraction of sp³-hybridized carbons (Fsp3) is 0.200. The molecule has 2 aromatic heterocycles. The maximum absolute atomic E-state index is 9.46. The third kappa shape index (κ3) is 3.37. The summed E-state index contributed by atoms with van der Waals surface area (Å²) in [7, 11) is 1.64. The number of rotatable bonds is 5. The molecule has 0 aliphatic heterocycles. The molecule has 2 aromatic carbocycles. The van der Waals surface area contributed by atoms with Crippen LogP contribution < -0.4 is 10.5 Å². The zero-order chi connectivity index (χ0) is 19.7. The first-order chi connectivity index (χ1) is 13.6. The van der Waals surface area contributed by atoms with Gasteiger partial charge < -0.3 is 15.6 Å². The highest BCUT2D eigenvalue weighted by Gasteiger charge is 2.17. The van der Waals surface area contributed by atoms with E-state index in [9.17, 15) is 5.11 Å². The monoisotopic (exact) mass is 376 g/mol. The summed E-state index contributed by atoms with van der Waals surface area (Å²) in [6.07, 6.45) is 0.547.